The number of halogens is 1. The number of para-hydroxylation sites is 1. The van der Waals surface area contributed by atoms with Crippen molar-refractivity contribution < 1.29 is 13.7 Å². The Kier molecular flexibility index (Phi) is 8.33. The molecule has 2 heterocycles. The number of aromatic nitrogens is 3. The Labute approximate surface area is 224 Å². The number of benzene rings is 2. The van der Waals surface area contributed by atoms with Gasteiger partial charge in [-0.2, -0.15) is 0 Å². The fourth-order valence-corrected chi connectivity index (χ4v) is 4.99. The first-order valence-electron chi connectivity index (χ1n) is 12.3. The maximum absolute atomic E-state index is 13.9. The van der Waals surface area contributed by atoms with Crippen molar-refractivity contribution in [3.05, 3.63) is 88.6 Å². The summed E-state index contributed by atoms with van der Waals surface area (Å²) >= 11 is 6.98. The molecule has 4 rings (SSSR count). The van der Waals surface area contributed by atoms with E-state index in [0.717, 1.165) is 41.5 Å². The lowest BCUT2D eigenvalue weighted by molar-refractivity contribution is 0.0812. The Bertz CT molecular complexity index is 1360. The van der Waals surface area contributed by atoms with Gasteiger partial charge >= 0.3 is 0 Å². The molecular weight excluding hydrogens is 509 g/mol. The SMILES string of the molecule is [3H][B]SOCc1cn(COCC[Si](C)(C)C)c(C(=O)c2cn(Cc3ccc(Cl)cc3)c3ccccc23)n1. The van der Waals surface area contributed by atoms with E-state index in [1.54, 1.807) is 10.8 Å². The molecule has 2 aromatic carbocycles. The number of carbonyl (C=O) groups is 1. The monoisotopic (exact) mass is 540 g/mol. The van der Waals surface area contributed by atoms with Crippen LogP contribution in [0.3, 0.4) is 0 Å². The quantitative estimate of drug-likeness (QED) is 0.0892. The first-order valence-corrected chi connectivity index (χ1v) is 16.6. The highest BCUT2D eigenvalue weighted by atomic mass is 35.5. The highest BCUT2D eigenvalue weighted by Gasteiger charge is 2.23. The number of hydrogen-bond donors (Lipinski definition) is 0. The summed E-state index contributed by atoms with van der Waals surface area (Å²) in [5.74, 6) is 0.131. The third-order valence-corrected chi connectivity index (χ3v) is 8.04. The standard InChI is InChI=1S/C26H30BClN3O3SSi/c1-36(2,3)13-12-33-18-31-15-21(17-34-35-27)29-26(31)25(32)23-16-30(24-7-5-4-6-22(23)24)14-19-8-10-20(28)11-9-19/h4-11,15-16,27H,12-14,17-18H2,1-3H3/i27T. The lowest BCUT2D eigenvalue weighted by Crippen LogP contribution is -2.22. The summed E-state index contributed by atoms with van der Waals surface area (Å²) in [4.78, 5) is 18.5. The van der Waals surface area contributed by atoms with E-state index in [1.807, 2.05) is 54.7 Å². The minimum Gasteiger partial charge on any atom is -0.361 e. The Morgan fingerprint density at radius 2 is 1.92 bits per heavy atom. The largest absolute Gasteiger partial charge is 0.361 e. The Balaban J connectivity index is 1.63. The van der Waals surface area contributed by atoms with Crippen LogP contribution in [0.1, 0.15) is 27.4 Å². The van der Waals surface area contributed by atoms with Gasteiger partial charge in [-0.1, -0.05) is 73.5 Å². The number of rotatable bonds is 13. The van der Waals surface area contributed by atoms with E-state index in [0.29, 0.717) is 35.3 Å². The molecule has 6 nitrogen and oxygen atoms in total. The van der Waals surface area contributed by atoms with Crippen molar-refractivity contribution in [2.45, 2.75) is 45.6 Å². The van der Waals surface area contributed by atoms with Crippen LogP contribution in [-0.4, -0.2) is 43.0 Å². The van der Waals surface area contributed by atoms with Gasteiger partial charge in [0.1, 0.15) is 13.3 Å². The summed E-state index contributed by atoms with van der Waals surface area (Å²) in [5, 5.41) is 1.56. The minimum absolute atomic E-state index is 0.175. The van der Waals surface area contributed by atoms with Crippen molar-refractivity contribution in [1.82, 2.24) is 14.1 Å². The number of imidazole rings is 1. The van der Waals surface area contributed by atoms with Crippen LogP contribution in [0.15, 0.2) is 60.9 Å². The molecule has 2 aromatic heterocycles. The van der Waals surface area contributed by atoms with Crippen molar-refractivity contribution >= 4 is 55.3 Å². The van der Waals surface area contributed by atoms with Crippen LogP contribution in [-0.2, 0) is 28.8 Å². The molecule has 0 saturated carbocycles. The van der Waals surface area contributed by atoms with Crippen molar-refractivity contribution in [3.63, 3.8) is 0 Å². The van der Waals surface area contributed by atoms with Crippen molar-refractivity contribution in [3.8, 4) is 0 Å². The zero-order valence-electron chi connectivity index (χ0n) is 21.7. The predicted molar refractivity (Wildman–Crippen MR) is 152 cm³/mol. The summed E-state index contributed by atoms with van der Waals surface area (Å²) in [5.41, 5.74) is 3.25. The molecule has 4 aromatic rings. The fourth-order valence-electron chi connectivity index (χ4n) is 3.92. The van der Waals surface area contributed by atoms with Gasteiger partial charge < -0.3 is 18.1 Å². The van der Waals surface area contributed by atoms with Gasteiger partial charge in [0.25, 0.3) is 0 Å². The average molecular weight is 541 g/mol. The van der Waals surface area contributed by atoms with E-state index in [-0.39, 0.29) is 19.1 Å². The molecule has 0 fully saturated rings. The Hall–Kier alpha value is -2.30. The smallest absolute Gasteiger partial charge is 0.230 e. The lowest BCUT2D eigenvalue weighted by atomic mass is 10.1. The second-order valence-electron chi connectivity index (χ2n) is 9.88. The van der Waals surface area contributed by atoms with Gasteiger partial charge in [0.05, 0.1) is 11.3 Å². The molecule has 36 heavy (non-hydrogen) atoms. The molecule has 0 amide bonds. The van der Waals surface area contributed by atoms with E-state index >= 15 is 0 Å². The predicted octanol–water partition coefficient (Wildman–Crippen LogP) is 6.06. The molecule has 0 aliphatic carbocycles. The zero-order valence-corrected chi connectivity index (χ0v) is 23.3. The molecule has 0 bridgehead atoms. The van der Waals surface area contributed by atoms with Gasteiger partial charge in [0.2, 0.25) is 12.9 Å². The molecule has 1 radical (unpaired) electrons. The maximum Gasteiger partial charge on any atom is 0.230 e. The molecule has 187 valence electrons. The first kappa shape index (κ1) is 25.4. The second-order valence-corrected chi connectivity index (χ2v) is 16.4. The maximum atomic E-state index is 13.9. The molecule has 10 heteroatoms. The zero-order chi connectivity index (χ0) is 26.4. The highest BCUT2D eigenvalue weighted by Crippen LogP contribution is 2.25. The number of ketones is 1. The van der Waals surface area contributed by atoms with Gasteiger partial charge in [-0.05, 0) is 31.1 Å². The highest BCUT2D eigenvalue weighted by molar-refractivity contribution is 8.15. The molecule has 0 unspecified atom stereocenters. The van der Waals surface area contributed by atoms with Gasteiger partial charge in [-0.25, -0.2) is 4.98 Å². The van der Waals surface area contributed by atoms with Gasteiger partial charge in [-0.3, -0.25) is 4.79 Å². The number of carbonyl (C=O) groups excluding carboxylic acids is 1. The average Bonchev–Trinajstić information content (AvgIpc) is 3.44. The molecule has 0 N–H and O–H groups in total. The first-order chi connectivity index (χ1) is 17.7. The van der Waals surface area contributed by atoms with Gasteiger partial charge in [-0.15, -0.1) is 0 Å². The normalized spacial score (nSPS) is 12.2. The topological polar surface area (TPSA) is 58.3 Å². The lowest BCUT2D eigenvalue weighted by Gasteiger charge is -2.15. The van der Waals surface area contributed by atoms with E-state index in [9.17, 15) is 4.79 Å². The van der Waals surface area contributed by atoms with Crippen molar-refractivity contribution in [2.75, 3.05) is 6.61 Å². The second kappa shape index (κ2) is 11.8. The summed E-state index contributed by atoms with van der Waals surface area (Å²) in [6, 6.07) is 16.6. The van der Waals surface area contributed by atoms with Crippen molar-refractivity contribution in [2.24, 2.45) is 0 Å². The van der Waals surface area contributed by atoms with Crippen LogP contribution in [0.5, 0.6) is 0 Å². The third-order valence-electron chi connectivity index (χ3n) is 5.83. The summed E-state index contributed by atoms with van der Waals surface area (Å²) < 4.78 is 22.3. The number of nitrogens with zero attached hydrogens (tertiary/aromatic N) is 3. The summed E-state index contributed by atoms with van der Waals surface area (Å²) in [6.45, 7) is 8.58. The Morgan fingerprint density at radius 3 is 2.67 bits per heavy atom. The number of fused-ring (bicyclic) bond motifs is 1. The minimum atomic E-state index is -1.23. The third kappa shape index (κ3) is 6.72. The summed E-state index contributed by atoms with van der Waals surface area (Å²) in [6.07, 6.45) is 3.69. The molecule has 0 spiro atoms. The number of hydrogen-bond acceptors (Lipinski definition) is 5. The fraction of sp³-hybridized carbons (Fsp3) is 0.308. The van der Waals surface area contributed by atoms with Crippen LogP contribution < -0.4 is 0 Å². The molecule has 0 saturated heterocycles. The van der Waals surface area contributed by atoms with E-state index < -0.39 is 8.07 Å². The Morgan fingerprint density at radius 1 is 1.14 bits per heavy atom. The number of ether oxygens (including phenoxy) is 1. The summed E-state index contributed by atoms with van der Waals surface area (Å²) in [7, 11) is -0.125. The van der Waals surface area contributed by atoms with Crippen LogP contribution in [0.4, 0.5) is 0 Å². The van der Waals surface area contributed by atoms with E-state index in [2.05, 4.69) is 29.2 Å². The van der Waals surface area contributed by atoms with E-state index in [1.165, 1.54) is 0 Å². The van der Waals surface area contributed by atoms with E-state index in [4.69, 9.17) is 21.9 Å². The van der Waals surface area contributed by atoms with Gasteiger partial charge in [0.15, 0.2) is 5.82 Å². The van der Waals surface area contributed by atoms with Gasteiger partial charge in [0, 0.05) is 49.5 Å². The molecular formula is C26H30BClN3O3SSi. The molecule has 0 aliphatic heterocycles. The van der Waals surface area contributed by atoms with Crippen LogP contribution in [0.2, 0.25) is 30.7 Å². The van der Waals surface area contributed by atoms with Crippen LogP contribution in [0.25, 0.3) is 10.9 Å². The van der Waals surface area contributed by atoms with Crippen LogP contribution >= 0.6 is 23.5 Å². The van der Waals surface area contributed by atoms with Crippen LogP contribution in [0, 0.1) is 0 Å². The van der Waals surface area contributed by atoms with Crippen molar-refractivity contribution in [1.29, 1.82) is 1.34 Å². The molecule has 0 atom stereocenters. The molecule has 0 aliphatic rings.